The average molecular weight is 620 g/mol. The highest BCUT2D eigenvalue weighted by atomic mass is 32.2. The fourth-order valence-corrected chi connectivity index (χ4v) is 11.5. The van der Waals surface area contributed by atoms with Crippen molar-refractivity contribution in [2.75, 3.05) is 5.75 Å². The summed E-state index contributed by atoms with van der Waals surface area (Å²) < 4.78 is 32.8. The second-order valence-electron chi connectivity index (χ2n) is 15.0. The van der Waals surface area contributed by atoms with Gasteiger partial charge in [0.15, 0.2) is 0 Å². The van der Waals surface area contributed by atoms with Gasteiger partial charge in [0.1, 0.15) is 0 Å². The van der Waals surface area contributed by atoms with E-state index in [1.165, 1.54) is 0 Å². The first kappa shape index (κ1) is 32.9. The third-order valence-corrected chi connectivity index (χ3v) is 13.8. The van der Waals surface area contributed by atoms with E-state index < -0.39 is 34.1 Å². The van der Waals surface area contributed by atoms with Crippen molar-refractivity contribution < 1.29 is 33.1 Å². The minimum atomic E-state index is -4.30. The topological polar surface area (TPSA) is 144 Å². The third kappa shape index (κ3) is 6.06. The number of hydrogen-bond donors (Lipinski definition) is 5. The molecule has 1 aromatic rings. The molecule has 0 heterocycles. The molecule has 43 heavy (non-hydrogen) atoms. The van der Waals surface area contributed by atoms with Gasteiger partial charge < -0.3 is 20.6 Å². The summed E-state index contributed by atoms with van der Waals surface area (Å²) in [6.45, 7) is 8.90. The maximum Gasteiger partial charge on any atom is 0.267 e. The largest absolute Gasteiger partial charge is 0.393 e. The molecule has 5 N–H and O–H groups in total. The van der Waals surface area contributed by atoms with E-state index in [4.69, 9.17) is 0 Å². The number of nitrogens with one attached hydrogen (secondary N) is 1. The van der Waals surface area contributed by atoms with Crippen molar-refractivity contribution in [1.82, 2.24) is 5.32 Å². The predicted octanol–water partition coefficient (Wildman–Crippen LogP) is 4.75. The fraction of sp³-hybridized carbons (Fsp3) is 0.794. The molecule has 5 rings (SSSR count). The molecule has 4 saturated carbocycles. The van der Waals surface area contributed by atoms with Crippen LogP contribution in [0, 0.1) is 52.3 Å². The number of carbonyl (C=O) groups excluding carboxylic acids is 1. The van der Waals surface area contributed by atoms with E-state index >= 15 is 0 Å². The number of carbonyl (C=O) groups is 1. The molecule has 8 nitrogen and oxygen atoms in total. The molecule has 0 spiro atoms. The van der Waals surface area contributed by atoms with Crippen LogP contribution in [0.15, 0.2) is 30.3 Å². The van der Waals surface area contributed by atoms with E-state index in [-0.39, 0.29) is 70.7 Å². The van der Waals surface area contributed by atoms with Gasteiger partial charge >= 0.3 is 0 Å². The lowest BCUT2D eigenvalue weighted by molar-refractivity contribution is -0.228. The molecule has 9 heteroatoms. The molecule has 0 aliphatic heterocycles. The lowest BCUT2D eigenvalue weighted by atomic mass is 9.41. The van der Waals surface area contributed by atoms with E-state index in [0.29, 0.717) is 18.4 Å². The van der Waals surface area contributed by atoms with Crippen molar-refractivity contribution in [2.45, 2.75) is 110 Å². The maximum atomic E-state index is 13.1. The van der Waals surface area contributed by atoms with Crippen molar-refractivity contribution in [3.05, 3.63) is 35.9 Å². The van der Waals surface area contributed by atoms with Crippen molar-refractivity contribution >= 4 is 16.0 Å². The Kier molecular flexibility index (Phi) is 9.44. The second-order valence-corrected chi connectivity index (χ2v) is 16.5. The Morgan fingerprint density at radius 1 is 1.02 bits per heavy atom. The first-order valence-corrected chi connectivity index (χ1v) is 18.1. The summed E-state index contributed by atoms with van der Waals surface area (Å²) in [7, 11) is -4.30. The Morgan fingerprint density at radius 3 is 2.37 bits per heavy atom. The molecule has 0 aromatic heterocycles. The molecule has 0 unspecified atom stereocenters. The summed E-state index contributed by atoms with van der Waals surface area (Å²) in [4.78, 5) is 13.1. The minimum Gasteiger partial charge on any atom is -0.393 e. The van der Waals surface area contributed by atoms with Gasteiger partial charge in [0.05, 0.1) is 30.1 Å². The van der Waals surface area contributed by atoms with Gasteiger partial charge in [-0.05, 0) is 103 Å². The van der Waals surface area contributed by atoms with Crippen LogP contribution in [0.2, 0.25) is 0 Å². The van der Waals surface area contributed by atoms with Gasteiger partial charge in [0.25, 0.3) is 10.1 Å². The maximum absolute atomic E-state index is 13.1. The van der Waals surface area contributed by atoms with Crippen molar-refractivity contribution in [1.29, 1.82) is 0 Å². The molecule has 1 aromatic carbocycles. The van der Waals surface area contributed by atoms with E-state index in [2.05, 4.69) is 33.0 Å². The number of fused-ring (bicyclic) bond motifs is 5. The van der Waals surface area contributed by atoms with E-state index in [0.717, 1.165) is 38.5 Å². The number of aliphatic hydroxyl groups is 3. The van der Waals surface area contributed by atoms with Gasteiger partial charge in [-0.15, -0.1) is 0 Å². The van der Waals surface area contributed by atoms with Crippen LogP contribution < -0.4 is 5.32 Å². The van der Waals surface area contributed by atoms with Crippen LogP contribution in [0.5, 0.6) is 0 Å². The summed E-state index contributed by atoms with van der Waals surface area (Å²) in [6.07, 6.45) is 5.52. The molecule has 4 fully saturated rings. The summed E-state index contributed by atoms with van der Waals surface area (Å²) >= 11 is 0. The summed E-state index contributed by atoms with van der Waals surface area (Å²) in [5.41, 5.74) is 0.267. The lowest BCUT2D eigenvalue weighted by Gasteiger charge is -2.65. The average Bonchev–Trinajstić information content (AvgIpc) is 3.31. The van der Waals surface area contributed by atoms with Gasteiger partial charge in [-0.3, -0.25) is 9.35 Å². The number of aliphatic hydroxyl groups excluding tert-OH is 3. The zero-order valence-electron chi connectivity index (χ0n) is 26.2. The molecule has 242 valence electrons. The normalized spacial score (nSPS) is 42.3. The smallest absolute Gasteiger partial charge is 0.267 e. The Bertz CT molecular complexity index is 1240. The molecule has 0 bridgehead atoms. The molecular formula is C34H53NO7S. The number of hydrogen-bond acceptors (Lipinski definition) is 6. The van der Waals surface area contributed by atoms with Crippen LogP contribution in [0.1, 0.15) is 97.1 Å². The Balaban J connectivity index is 1.29. The van der Waals surface area contributed by atoms with E-state index in [1.807, 2.05) is 6.07 Å². The molecular weight excluding hydrogens is 566 g/mol. The van der Waals surface area contributed by atoms with Crippen molar-refractivity contribution in [3.8, 4) is 0 Å². The third-order valence-electron chi connectivity index (χ3n) is 13.0. The first-order valence-electron chi connectivity index (χ1n) is 16.5. The van der Waals surface area contributed by atoms with Crippen LogP contribution in [0.3, 0.4) is 0 Å². The minimum absolute atomic E-state index is 0.00521. The fourth-order valence-electron chi connectivity index (χ4n) is 10.8. The number of benzene rings is 1. The number of amides is 1. The van der Waals surface area contributed by atoms with Gasteiger partial charge in [-0.2, -0.15) is 8.42 Å². The Morgan fingerprint density at radius 2 is 1.72 bits per heavy atom. The van der Waals surface area contributed by atoms with Crippen LogP contribution in [-0.4, -0.2) is 58.3 Å². The van der Waals surface area contributed by atoms with Gasteiger partial charge in [-0.1, -0.05) is 64.4 Å². The van der Waals surface area contributed by atoms with E-state index in [1.54, 1.807) is 24.3 Å². The highest BCUT2D eigenvalue weighted by molar-refractivity contribution is 7.85. The first-order chi connectivity index (χ1) is 20.2. The van der Waals surface area contributed by atoms with Crippen molar-refractivity contribution in [3.63, 3.8) is 0 Å². The Labute approximate surface area is 257 Å². The quantitative estimate of drug-likeness (QED) is 0.251. The van der Waals surface area contributed by atoms with Gasteiger partial charge in [-0.25, -0.2) is 0 Å². The zero-order valence-corrected chi connectivity index (χ0v) is 27.0. The second kappa shape index (κ2) is 12.3. The van der Waals surface area contributed by atoms with Crippen LogP contribution in [-0.2, 0) is 14.9 Å². The number of rotatable bonds is 9. The lowest BCUT2D eigenvalue weighted by Crippen LogP contribution is -2.65. The summed E-state index contributed by atoms with van der Waals surface area (Å²) in [5, 5.41) is 37.2. The standard InChI is InChI=1S/C34H53NO7S/c1-5-23-26-17-22(36)15-16-33(26,3)27-18-29(37)34(4)24(12-13-25(34)31(27)32(23)39)20(2)11-14-30(38)35-28(19-43(40,41)42)21-9-7-6-8-10-21/h6-10,20,22-29,31-32,36-37,39H,5,11-19H2,1-4H3,(H,35,38)(H,40,41,42)/t20-,22-,23-,24-,25+,26+,27+,28-,29+,31+,32-,33+,34-/m1/s1. The van der Waals surface area contributed by atoms with E-state index in [9.17, 15) is 33.1 Å². The van der Waals surface area contributed by atoms with Crippen LogP contribution in [0.4, 0.5) is 0 Å². The molecule has 4 aliphatic carbocycles. The molecule has 1 amide bonds. The highest BCUT2D eigenvalue weighted by Crippen LogP contribution is 2.69. The monoisotopic (exact) mass is 619 g/mol. The molecule has 13 atom stereocenters. The molecule has 0 saturated heterocycles. The summed E-state index contributed by atoms with van der Waals surface area (Å²) in [6, 6.07) is 7.97. The SMILES string of the molecule is CC[C@H]1[C@@H](O)[C@@H]2[C@H](C[C@H](O)[C@]3(C)[C@@H]([C@H](C)CCC(=O)N[C@H](CS(=O)(=O)O)c4ccccc4)CC[C@@H]23)[C@@]2(C)CC[C@@H](O)C[C@@H]12. The molecule has 0 radical (unpaired) electrons. The molecule has 4 aliphatic rings. The summed E-state index contributed by atoms with van der Waals surface area (Å²) in [5.74, 6) is 0.486. The van der Waals surface area contributed by atoms with Gasteiger partial charge in [0.2, 0.25) is 5.91 Å². The Hall–Kier alpha value is -1.52. The van der Waals surface area contributed by atoms with Gasteiger partial charge in [0, 0.05) is 6.42 Å². The van der Waals surface area contributed by atoms with Crippen molar-refractivity contribution in [2.24, 2.45) is 52.3 Å². The predicted molar refractivity (Wildman–Crippen MR) is 165 cm³/mol. The van der Waals surface area contributed by atoms with Crippen LogP contribution in [0.25, 0.3) is 0 Å². The zero-order chi connectivity index (χ0) is 31.3. The highest BCUT2D eigenvalue weighted by Gasteiger charge is 2.67. The van der Waals surface area contributed by atoms with Crippen LogP contribution >= 0.6 is 0 Å².